The monoisotopic (exact) mass is 396 g/mol. The molecule has 0 aliphatic rings. The van der Waals surface area contributed by atoms with E-state index in [2.05, 4.69) is 9.97 Å². The number of aromatic nitrogens is 2. The minimum atomic E-state index is 0.516. The van der Waals surface area contributed by atoms with Crippen molar-refractivity contribution < 1.29 is 14.3 Å². The van der Waals surface area contributed by atoms with Crippen molar-refractivity contribution in [3.63, 3.8) is 0 Å². The van der Waals surface area contributed by atoms with Crippen LogP contribution in [-0.4, -0.2) is 29.1 Å². The highest BCUT2D eigenvalue weighted by atomic mass is 16.5. The van der Waals surface area contributed by atoms with Crippen molar-refractivity contribution in [2.75, 3.05) is 6.61 Å². The molecular formula is C25H20N2O3. The molecule has 2 heterocycles. The van der Waals surface area contributed by atoms with Crippen LogP contribution in [0.2, 0.25) is 0 Å². The molecule has 5 heteroatoms. The first-order valence-corrected chi connectivity index (χ1v) is 9.76. The Labute approximate surface area is 174 Å². The summed E-state index contributed by atoms with van der Waals surface area (Å²) in [6.45, 7) is 0.532. The van der Waals surface area contributed by atoms with Crippen molar-refractivity contribution in [1.29, 1.82) is 0 Å². The summed E-state index contributed by atoms with van der Waals surface area (Å²) >= 11 is 0. The molecular weight excluding hydrogens is 376 g/mol. The third-order valence-electron chi connectivity index (χ3n) is 4.87. The van der Waals surface area contributed by atoms with Crippen LogP contribution in [0.25, 0.3) is 33.3 Å². The Balaban J connectivity index is 1.54. The van der Waals surface area contributed by atoms with Crippen LogP contribution in [0.4, 0.5) is 0 Å². The Hall–Kier alpha value is -3.86. The lowest BCUT2D eigenvalue weighted by Crippen LogP contribution is -1.97. The molecule has 2 aromatic carbocycles. The maximum atomic E-state index is 11.5. The number of nitrogens with zero attached hydrogens (tertiary/aromatic N) is 2. The Kier molecular flexibility index (Phi) is 5.90. The lowest BCUT2D eigenvalue weighted by atomic mass is 10.0. The lowest BCUT2D eigenvalue weighted by Gasteiger charge is -2.08. The number of aldehydes is 2. The zero-order chi connectivity index (χ0) is 20.8. The Morgan fingerprint density at radius 2 is 1.57 bits per heavy atom. The fourth-order valence-electron chi connectivity index (χ4n) is 3.27. The van der Waals surface area contributed by atoms with Gasteiger partial charge in [-0.2, -0.15) is 0 Å². The average molecular weight is 396 g/mol. The number of hydrogen-bond donors (Lipinski definition) is 0. The van der Waals surface area contributed by atoms with Gasteiger partial charge in [0.1, 0.15) is 12.0 Å². The Bertz CT molecular complexity index is 1170. The molecule has 2 aromatic heterocycles. The first-order valence-electron chi connectivity index (χ1n) is 9.76. The highest BCUT2D eigenvalue weighted by Crippen LogP contribution is 2.27. The molecule has 5 nitrogen and oxygen atoms in total. The van der Waals surface area contributed by atoms with Gasteiger partial charge in [0.05, 0.1) is 17.8 Å². The predicted octanol–water partition coefficient (Wildman–Crippen LogP) is 5.13. The van der Waals surface area contributed by atoms with E-state index in [1.165, 1.54) is 0 Å². The van der Waals surface area contributed by atoms with Crippen molar-refractivity contribution in [2.45, 2.75) is 12.8 Å². The molecule has 30 heavy (non-hydrogen) atoms. The summed E-state index contributed by atoms with van der Waals surface area (Å²) in [6, 6.07) is 19.6. The number of fused-ring (bicyclic) bond motifs is 1. The van der Waals surface area contributed by atoms with Gasteiger partial charge in [-0.15, -0.1) is 0 Å². The molecule has 4 rings (SSSR count). The summed E-state index contributed by atoms with van der Waals surface area (Å²) in [7, 11) is 0. The van der Waals surface area contributed by atoms with Crippen molar-refractivity contribution in [1.82, 2.24) is 9.97 Å². The smallest absolute Gasteiger partial charge is 0.150 e. The molecule has 0 unspecified atom stereocenters. The van der Waals surface area contributed by atoms with Crippen LogP contribution >= 0.6 is 0 Å². The maximum absolute atomic E-state index is 11.5. The van der Waals surface area contributed by atoms with E-state index < -0.39 is 0 Å². The van der Waals surface area contributed by atoms with Gasteiger partial charge in [0.15, 0.2) is 6.29 Å². The van der Waals surface area contributed by atoms with E-state index in [0.29, 0.717) is 18.6 Å². The van der Waals surface area contributed by atoms with Gasteiger partial charge in [0.2, 0.25) is 0 Å². The van der Waals surface area contributed by atoms with Crippen LogP contribution in [0.15, 0.2) is 73.1 Å². The van der Waals surface area contributed by atoms with Gasteiger partial charge < -0.3 is 9.53 Å². The molecule has 0 amide bonds. The van der Waals surface area contributed by atoms with E-state index in [9.17, 15) is 9.59 Å². The standard InChI is InChI=1S/C25H20N2O3/c28-13-1-2-14-30-22-9-7-19(8-10-22)18-3-5-20(6-4-18)25-15-21(17-29)23-16-26-12-11-24(23)27-25/h3-13,15-17H,1-2,14H2. The topological polar surface area (TPSA) is 69.2 Å². The molecule has 0 aliphatic carbocycles. The summed E-state index contributed by atoms with van der Waals surface area (Å²) < 4.78 is 5.63. The minimum absolute atomic E-state index is 0.516. The summed E-state index contributed by atoms with van der Waals surface area (Å²) in [4.78, 5) is 30.6. The zero-order valence-electron chi connectivity index (χ0n) is 16.3. The summed E-state index contributed by atoms with van der Waals surface area (Å²) in [5.41, 5.74) is 5.17. The highest BCUT2D eigenvalue weighted by Gasteiger charge is 2.08. The van der Waals surface area contributed by atoms with Crippen molar-refractivity contribution in [3.8, 4) is 28.1 Å². The predicted molar refractivity (Wildman–Crippen MR) is 117 cm³/mol. The molecule has 4 aromatic rings. The van der Waals surface area contributed by atoms with E-state index in [0.717, 1.165) is 58.0 Å². The number of hydrogen-bond acceptors (Lipinski definition) is 5. The van der Waals surface area contributed by atoms with Crippen molar-refractivity contribution >= 4 is 23.5 Å². The van der Waals surface area contributed by atoms with E-state index in [4.69, 9.17) is 4.74 Å². The molecule has 0 saturated carbocycles. The number of pyridine rings is 2. The second kappa shape index (κ2) is 9.09. The van der Waals surface area contributed by atoms with Gasteiger partial charge in [-0.05, 0) is 41.8 Å². The van der Waals surface area contributed by atoms with Gasteiger partial charge in [0.25, 0.3) is 0 Å². The van der Waals surface area contributed by atoms with Gasteiger partial charge in [-0.1, -0.05) is 36.4 Å². The average Bonchev–Trinajstić information content (AvgIpc) is 2.81. The maximum Gasteiger partial charge on any atom is 0.150 e. The number of unbranched alkanes of at least 4 members (excludes halogenated alkanes) is 1. The number of carbonyl (C=O) groups excluding carboxylic acids is 2. The fraction of sp³-hybridized carbons (Fsp3) is 0.120. The molecule has 0 atom stereocenters. The Morgan fingerprint density at radius 1 is 0.867 bits per heavy atom. The summed E-state index contributed by atoms with van der Waals surface area (Å²) in [5, 5.41) is 0.751. The van der Waals surface area contributed by atoms with Crippen molar-refractivity contribution in [3.05, 3.63) is 78.6 Å². The summed E-state index contributed by atoms with van der Waals surface area (Å²) in [5.74, 6) is 0.789. The number of benzene rings is 2. The van der Waals surface area contributed by atoms with Crippen molar-refractivity contribution in [2.24, 2.45) is 0 Å². The largest absolute Gasteiger partial charge is 0.494 e. The fourth-order valence-corrected chi connectivity index (χ4v) is 3.27. The third kappa shape index (κ3) is 4.25. The SMILES string of the molecule is O=CCCCOc1ccc(-c2ccc(-c3cc(C=O)c4cnccc4n3)cc2)cc1. The first kappa shape index (κ1) is 19.5. The molecule has 0 radical (unpaired) electrons. The second-order valence-corrected chi connectivity index (χ2v) is 6.87. The first-order chi connectivity index (χ1) is 14.8. The molecule has 148 valence electrons. The van der Waals surface area contributed by atoms with Crippen LogP contribution in [0, 0.1) is 0 Å². The van der Waals surface area contributed by atoms with Crippen LogP contribution in [0.1, 0.15) is 23.2 Å². The quantitative estimate of drug-likeness (QED) is 0.305. The summed E-state index contributed by atoms with van der Waals surface area (Å²) in [6.07, 6.45) is 6.31. The second-order valence-electron chi connectivity index (χ2n) is 6.87. The van der Waals surface area contributed by atoms with Gasteiger partial charge in [-0.3, -0.25) is 9.78 Å². The molecule has 0 spiro atoms. The number of rotatable bonds is 8. The van der Waals surface area contributed by atoms with E-state index in [1.807, 2.05) is 54.6 Å². The van der Waals surface area contributed by atoms with Gasteiger partial charge >= 0.3 is 0 Å². The van der Waals surface area contributed by atoms with E-state index in [-0.39, 0.29) is 0 Å². The highest BCUT2D eigenvalue weighted by molar-refractivity contribution is 5.97. The van der Waals surface area contributed by atoms with Crippen LogP contribution < -0.4 is 4.74 Å². The molecule has 0 saturated heterocycles. The molecule has 0 fully saturated rings. The van der Waals surface area contributed by atoms with Crippen LogP contribution in [0.3, 0.4) is 0 Å². The van der Waals surface area contributed by atoms with E-state index >= 15 is 0 Å². The number of carbonyl (C=O) groups is 2. The molecule has 0 bridgehead atoms. The lowest BCUT2D eigenvalue weighted by molar-refractivity contribution is -0.108. The van der Waals surface area contributed by atoms with E-state index in [1.54, 1.807) is 18.5 Å². The molecule has 0 aliphatic heterocycles. The minimum Gasteiger partial charge on any atom is -0.494 e. The third-order valence-corrected chi connectivity index (χ3v) is 4.87. The normalized spacial score (nSPS) is 10.7. The van der Waals surface area contributed by atoms with Gasteiger partial charge in [0, 0.05) is 35.3 Å². The zero-order valence-corrected chi connectivity index (χ0v) is 16.3. The Morgan fingerprint density at radius 3 is 2.27 bits per heavy atom. The van der Waals surface area contributed by atoms with Gasteiger partial charge in [-0.25, -0.2) is 4.98 Å². The van der Waals surface area contributed by atoms with Crippen LogP contribution in [0.5, 0.6) is 5.75 Å². The number of ether oxygens (including phenoxy) is 1. The molecule has 0 N–H and O–H groups in total. The van der Waals surface area contributed by atoms with Crippen LogP contribution in [-0.2, 0) is 4.79 Å².